The van der Waals surface area contributed by atoms with Gasteiger partial charge in [0, 0.05) is 0 Å². The van der Waals surface area contributed by atoms with Crippen LogP contribution in [0, 0.1) is 0 Å². The zero-order chi connectivity index (χ0) is 12.8. The Bertz CT molecular complexity index is 332. The summed E-state index contributed by atoms with van der Waals surface area (Å²) in [5, 5.41) is 0. The van der Waals surface area contributed by atoms with Gasteiger partial charge in [0.05, 0.1) is 25.4 Å². The summed E-state index contributed by atoms with van der Waals surface area (Å²) in [5.41, 5.74) is 1.12. The molecule has 0 aliphatic carbocycles. The third kappa shape index (κ3) is 3.06. The molecule has 5 nitrogen and oxygen atoms in total. The quantitative estimate of drug-likeness (QED) is 0.678. The largest absolute Gasteiger partial charge is 0.464 e. The Morgan fingerprint density at radius 3 is 2.41 bits per heavy atom. The Morgan fingerprint density at radius 2 is 1.88 bits per heavy atom. The maximum atomic E-state index is 11.8. The smallest absolute Gasteiger partial charge is 0.340 e. The lowest BCUT2D eigenvalue weighted by molar-refractivity contribution is -0.155. The van der Waals surface area contributed by atoms with Crippen LogP contribution in [0.1, 0.15) is 27.2 Å². The Balaban J connectivity index is 2.89. The second kappa shape index (κ2) is 6.39. The molecule has 1 aliphatic heterocycles. The standard InChI is InChI=1S/C12H18O5/c1-4-8-7-17-10(12(14)16-6-3)9(8)11(13)15-5-2/h10H,4-7H2,1-3H3. The van der Waals surface area contributed by atoms with Crippen LogP contribution >= 0.6 is 0 Å². The second-order valence-corrected chi connectivity index (χ2v) is 3.53. The molecular formula is C12H18O5. The fourth-order valence-electron chi connectivity index (χ4n) is 1.69. The van der Waals surface area contributed by atoms with Crippen LogP contribution in [0.5, 0.6) is 0 Å². The highest BCUT2D eigenvalue weighted by Crippen LogP contribution is 2.25. The number of ether oxygens (including phenoxy) is 3. The van der Waals surface area contributed by atoms with Gasteiger partial charge in [-0.25, -0.2) is 9.59 Å². The maximum Gasteiger partial charge on any atom is 0.340 e. The maximum absolute atomic E-state index is 11.8. The van der Waals surface area contributed by atoms with Crippen molar-refractivity contribution in [2.24, 2.45) is 0 Å². The highest BCUT2D eigenvalue weighted by Gasteiger charge is 2.37. The van der Waals surface area contributed by atoms with Crippen molar-refractivity contribution in [3.8, 4) is 0 Å². The fourth-order valence-corrected chi connectivity index (χ4v) is 1.69. The van der Waals surface area contributed by atoms with Gasteiger partial charge in [0.25, 0.3) is 0 Å². The lowest BCUT2D eigenvalue weighted by atomic mass is 10.0. The molecule has 1 aliphatic rings. The van der Waals surface area contributed by atoms with E-state index in [0.29, 0.717) is 12.0 Å². The molecule has 0 aromatic carbocycles. The average Bonchev–Trinajstić information content (AvgIpc) is 2.73. The van der Waals surface area contributed by atoms with Crippen LogP contribution < -0.4 is 0 Å². The zero-order valence-corrected chi connectivity index (χ0v) is 10.4. The first-order valence-corrected chi connectivity index (χ1v) is 5.82. The molecule has 0 bridgehead atoms. The van der Waals surface area contributed by atoms with Gasteiger partial charge in [0.15, 0.2) is 6.10 Å². The van der Waals surface area contributed by atoms with Gasteiger partial charge in [0.2, 0.25) is 0 Å². The molecule has 1 atom stereocenters. The van der Waals surface area contributed by atoms with E-state index < -0.39 is 18.0 Å². The van der Waals surface area contributed by atoms with E-state index in [1.807, 2.05) is 6.92 Å². The van der Waals surface area contributed by atoms with Gasteiger partial charge in [0.1, 0.15) is 0 Å². The number of hydrogen-bond acceptors (Lipinski definition) is 5. The normalized spacial score (nSPS) is 19.4. The second-order valence-electron chi connectivity index (χ2n) is 3.53. The van der Waals surface area contributed by atoms with Crippen LogP contribution in [0.25, 0.3) is 0 Å². The summed E-state index contributed by atoms with van der Waals surface area (Å²) >= 11 is 0. The van der Waals surface area contributed by atoms with E-state index in [4.69, 9.17) is 14.2 Å². The van der Waals surface area contributed by atoms with Crippen molar-refractivity contribution in [2.75, 3.05) is 19.8 Å². The number of carbonyl (C=O) groups is 2. The van der Waals surface area contributed by atoms with Crippen molar-refractivity contribution < 1.29 is 23.8 Å². The molecule has 96 valence electrons. The Morgan fingerprint density at radius 1 is 1.24 bits per heavy atom. The first-order valence-electron chi connectivity index (χ1n) is 5.82. The van der Waals surface area contributed by atoms with E-state index in [0.717, 1.165) is 5.57 Å². The van der Waals surface area contributed by atoms with Crippen molar-refractivity contribution >= 4 is 11.9 Å². The van der Waals surface area contributed by atoms with Gasteiger partial charge in [-0.1, -0.05) is 6.92 Å². The summed E-state index contributed by atoms with van der Waals surface area (Å²) in [6.45, 7) is 6.16. The fraction of sp³-hybridized carbons (Fsp3) is 0.667. The van der Waals surface area contributed by atoms with Gasteiger partial charge in [-0.15, -0.1) is 0 Å². The van der Waals surface area contributed by atoms with Crippen LogP contribution in [0.2, 0.25) is 0 Å². The summed E-state index contributed by atoms with van der Waals surface area (Å²) in [6, 6.07) is 0. The molecule has 0 N–H and O–H groups in total. The average molecular weight is 242 g/mol. The Labute approximate surface area is 101 Å². The van der Waals surface area contributed by atoms with E-state index in [1.165, 1.54) is 0 Å². The topological polar surface area (TPSA) is 61.8 Å². The summed E-state index contributed by atoms with van der Waals surface area (Å²) in [7, 11) is 0. The molecule has 5 heteroatoms. The summed E-state index contributed by atoms with van der Waals surface area (Å²) in [4.78, 5) is 23.4. The summed E-state index contributed by atoms with van der Waals surface area (Å²) < 4.78 is 15.1. The molecule has 0 saturated carbocycles. The zero-order valence-electron chi connectivity index (χ0n) is 10.4. The van der Waals surface area contributed by atoms with Crippen molar-refractivity contribution in [2.45, 2.75) is 33.3 Å². The first-order chi connectivity index (χ1) is 8.15. The molecule has 1 heterocycles. The van der Waals surface area contributed by atoms with Gasteiger partial charge in [-0.05, 0) is 25.8 Å². The molecule has 1 rings (SSSR count). The SMILES string of the molecule is CCOC(=O)C1=C(CC)COC1C(=O)OCC. The van der Waals surface area contributed by atoms with Crippen LogP contribution in [0.4, 0.5) is 0 Å². The van der Waals surface area contributed by atoms with Crippen molar-refractivity contribution in [3.05, 3.63) is 11.1 Å². The van der Waals surface area contributed by atoms with Crippen LogP contribution in [-0.2, 0) is 23.8 Å². The molecule has 0 amide bonds. The lowest BCUT2D eigenvalue weighted by Gasteiger charge is -2.12. The molecular weight excluding hydrogens is 224 g/mol. The van der Waals surface area contributed by atoms with E-state index >= 15 is 0 Å². The van der Waals surface area contributed by atoms with Crippen LogP contribution in [0.15, 0.2) is 11.1 Å². The summed E-state index contributed by atoms with van der Waals surface area (Å²) in [6.07, 6.45) is -0.270. The van der Waals surface area contributed by atoms with Crippen molar-refractivity contribution in [1.29, 1.82) is 0 Å². The number of hydrogen-bond donors (Lipinski definition) is 0. The molecule has 17 heavy (non-hydrogen) atoms. The van der Waals surface area contributed by atoms with Gasteiger partial charge < -0.3 is 14.2 Å². The first kappa shape index (κ1) is 13.7. The highest BCUT2D eigenvalue weighted by molar-refractivity contribution is 5.98. The summed E-state index contributed by atoms with van der Waals surface area (Å²) in [5.74, 6) is -1.01. The third-order valence-electron chi connectivity index (χ3n) is 2.49. The van der Waals surface area contributed by atoms with Crippen molar-refractivity contribution in [3.63, 3.8) is 0 Å². The van der Waals surface area contributed by atoms with Gasteiger partial charge >= 0.3 is 11.9 Å². The number of rotatable bonds is 5. The van der Waals surface area contributed by atoms with Crippen LogP contribution in [0.3, 0.4) is 0 Å². The minimum Gasteiger partial charge on any atom is -0.464 e. The van der Waals surface area contributed by atoms with Gasteiger partial charge in [-0.2, -0.15) is 0 Å². The number of esters is 2. The van der Waals surface area contributed by atoms with E-state index in [2.05, 4.69) is 0 Å². The molecule has 0 radical (unpaired) electrons. The molecule has 1 unspecified atom stereocenters. The minimum absolute atomic E-state index is 0.260. The van der Waals surface area contributed by atoms with Crippen LogP contribution in [-0.4, -0.2) is 37.9 Å². The van der Waals surface area contributed by atoms with E-state index in [9.17, 15) is 9.59 Å². The third-order valence-corrected chi connectivity index (χ3v) is 2.49. The van der Waals surface area contributed by atoms with E-state index in [-0.39, 0.29) is 19.8 Å². The minimum atomic E-state index is -0.927. The Hall–Kier alpha value is -1.36. The van der Waals surface area contributed by atoms with Gasteiger partial charge in [-0.3, -0.25) is 0 Å². The molecule has 0 aromatic rings. The lowest BCUT2D eigenvalue weighted by Crippen LogP contribution is -2.29. The molecule has 0 spiro atoms. The molecule has 0 fully saturated rings. The monoisotopic (exact) mass is 242 g/mol. The van der Waals surface area contributed by atoms with E-state index in [1.54, 1.807) is 13.8 Å². The van der Waals surface area contributed by atoms with Crippen molar-refractivity contribution in [1.82, 2.24) is 0 Å². The molecule has 0 saturated heterocycles. The highest BCUT2D eigenvalue weighted by atomic mass is 16.6. The predicted octanol–water partition coefficient (Wildman–Crippen LogP) is 1.22. The predicted molar refractivity (Wildman–Crippen MR) is 60.3 cm³/mol. The Kier molecular flexibility index (Phi) is 5.15. The molecule has 0 aromatic heterocycles. The number of carbonyl (C=O) groups excluding carboxylic acids is 2.